The molecule has 8 heteroatoms. The summed E-state index contributed by atoms with van der Waals surface area (Å²) >= 11 is 5.61. The van der Waals surface area contributed by atoms with Crippen LogP contribution in [0.15, 0.2) is 17.0 Å². The molecule has 94 valence electrons. The van der Waals surface area contributed by atoms with Crippen LogP contribution in [0.3, 0.4) is 0 Å². The minimum Gasteiger partial charge on any atom is -0.462 e. The van der Waals surface area contributed by atoms with Gasteiger partial charge < -0.3 is 4.74 Å². The van der Waals surface area contributed by atoms with Crippen molar-refractivity contribution >= 4 is 27.6 Å². The number of carbonyl (C=O) groups is 1. The standard InChI is InChI=1S/C9H9ClFNO4S/c1-2-16-9(13)5-3-8(17(12,14)15)7(11)4-6(5)10/h3-4H,2H2,1H3,(H2,12,14,15). The maximum atomic E-state index is 13.3. The van der Waals surface area contributed by atoms with Gasteiger partial charge in [-0.25, -0.2) is 22.7 Å². The molecule has 0 aliphatic rings. The van der Waals surface area contributed by atoms with Crippen molar-refractivity contribution in [3.8, 4) is 0 Å². The monoisotopic (exact) mass is 281 g/mol. The highest BCUT2D eigenvalue weighted by Crippen LogP contribution is 2.23. The second-order valence-corrected chi connectivity index (χ2v) is 4.97. The van der Waals surface area contributed by atoms with Crippen molar-refractivity contribution in [2.24, 2.45) is 5.14 Å². The molecule has 5 nitrogen and oxygen atoms in total. The Bertz CT molecular complexity index is 558. The number of carbonyl (C=O) groups excluding carboxylic acids is 1. The third kappa shape index (κ3) is 3.15. The van der Waals surface area contributed by atoms with E-state index in [1.54, 1.807) is 6.92 Å². The molecule has 0 unspecified atom stereocenters. The Morgan fingerprint density at radius 1 is 1.53 bits per heavy atom. The van der Waals surface area contributed by atoms with Gasteiger partial charge in [0.15, 0.2) is 0 Å². The summed E-state index contributed by atoms with van der Waals surface area (Å²) in [6.45, 7) is 1.65. The second-order valence-electron chi connectivity index (χ2n) is 3.03. The van der Waals surface area contributed by atoms with E-state index in [2.05, 4.69) is 4.74 Å². The van der Waals surface area contributed by atoms with Crippen LogP contribution in [-0.4, -0.2) is 21.0 Å². The molecule has 0 aliphatic heterocycles. The fourth-order valence-corrected chi connectivity index (χ4v) is 1.95. The first-order valence-corrected chi connectivity index (χ1v) is 6.38. The largest absolute Gasteiger partial charge is 0.462 e. The zero-order valence-corrected chi connectivity index (χ0v) is 10.3. The Kier molecular flexibility index (Phi) is 4.07. The molecular formula is C9H9ClFNO4S. The molecule has 1 aromatic carbocycles. The summed E-state index contributed by atoms with van der Waals surface area (Å²) in [5.74, 6) is -1.96. The fraction of sp³-hybridized carbons (Fsp3) is 0.222. The quantitative estimate of drug-likeness (QED) is 0.846. The fourth-order valence-electron chi connectivity index (χ4n) is 1.11. The number of hydrogen-bond acceptors (Lipinski definition) is 4. The average molecular weight is 282 g/mol. The van der Waals surface area contributed by atoms with Crippen LogP contribution in [-0.2, 0) is 14.8 Å². The van der Waals surface area contributed by atoms with Crippen LogP contribution in [0.4, 0.5) is 4.39 Å². The number of sulfonamides is 1. The van der Waals surface area contributed by atoms with Crippen LogP contribution >= 0.6 is 11.6 Å². The maximum absolute atomic E-state index is 13.3. The van der Waals surface area contributed by atoms with Crippen LogP contribution in [0.5, 0.6) is 0 Å². The van der Waals surface area contributed by atoms with Gasteiger partial charge in [0.05, 0.1) is 17.2 Å². The lowest BCUT2D eigenvalue weighted by Crippen LogP contribution is -2.16. The zero-order valence-electron chi connectivity index (χ0n) is 8.74. The molecule has 0 aromatic heterocycles. The molecule has 0 aliphatic carbocycles. The first-order chi connectivity index (χ1) is 7.77. The van der Waals surface area contributed by atoms with Crippen LogP contribution in [0.1, 0.15) is 17.3 Å². The average Bonchev–Trinajstić information content (AvgIpc) is 2.15. The summed E-state index contributed by atoms with van der Waals surface area (Å²) < 4.78 is 40.0. The molecule has 17 heavy (non-hydrogen) atoms. The summed E-state index contributed by atoms with van der Waals surface area (Å²) in [6.07, 6.45) is 0. The lowest BCUT2D eigenvalue weighted by atomic mass is 10.2. The van der Waals surface area contributed by atoms with E-state index in [1.807, 2.05) is 0 Å². The first kappa shape index (κ1) is 13.9. The van der Waals surface area contributed by atoms with Crippen molar-refractivity contribution in [3.63, 3.8) is 0 Å². The number of rotatable bonds is 3. The maximum Gasteiger partial charge on any atom is 0.339 e. The van der Waals surface area contributed by atoms with Crippen molar-refractivity contribution in [2.45, 2.75) is 11.8 Å². The van der Waals surface area contributed by atoms with Gasteiger partial charge in [0.2, 0.25) is 10.0 Å². The van der Waals surface area contributed by atoms with E-state index in [0.717, 1.165) is 6.07 Å². The Labute approximate surface area is 102 Å². The predicted octanol–water partition coefficient (Wildman–Crippen LogP) is 1.30. The minimum atomic E-state index is -4.26. The molecule has 0 fully saturated rings. The Morgan fingerprint density at radius 2 is 2.12 bits per heavy atom. The molecule has 0 bridgehead atoms. The van der Waals surface area contributed by atoms with E-state index in [0.29, 0.717) is 6.07 Å². The Balaban J connectivity index is 3.39. The van der Waals surface area contributed by atoms with Gasteiger partial charge >= 0.3 is 5.97 Å². The van der Waals surface area contributed by atoms with Crippen molar-refractivity contribution in [1.82, 2.24) is 0 Å². The van der Waals surface area contributed by atoms with Gasteiger partial charge in [-0.15, -0.1) is 0 Å². The highest BCUT2D eigenvalue weighted by molar-refractivity contribution is 7.89. The summed E-state index contributed by atoms with van der Waals surface area (Å²) in [4.78, 5) is 10.6. The van der Waals surface area contributed by atoms with E-state index >= 15 is 0 Å². The number of benzene rings is 1. The number of ether oxygens (including phenoxy) is 1. The van der Waals surface area contributed by atoms with Crippen LogP contribution < -0.4 is 5.14 Å². The van der Waals surface area contributed by atoms with Crippen molar-refractivity contribution < 1.29 is 22.3 Å². The third-order valence-corrected chi connectivity index (χ3v) is 3.06. The third-order valence-electron chi connectivity index (χ3n) is 1.82. The van der Waals surface area contributed by atoms with Gasteiger partial charge in [0.25, 0.3) is 0 Å². The molecule has 0 spiro atoms. The highest BCUT2D eigenvalue weighted by atomic mass is 35.5. The van der Waals surface area contributed by atoms with Crippen molar-refractivity contribution in [3.05, 3.63) is 28.5 Å². The second kappa shape index (κ2) is 4.99. The lowest BCUT2D eigenvalue weighted by molar-refractivity contribution is 0.0526. The van der Waals surface area contributed by atoms with Gasteiger partial charge in [-0.1, -0.05) is 11.6 Å². The number of halogens is 2. The van der Waals surface area contributed by atoms with Gasteiger partial charge in [-0.05, 0) is 19.1 Å². The first-order valence-electron chi connectivity index (χ1n) is 4.46. The molecule has 0 heterocycles. The van der Waals surface area contributed by atoms with Crippen molar-refractivity contribution in [1.29, 1.82) is 0 Å². The molecule has 1 aromatic rings. The number of esters is 1. The SMILES string of the molecule is CCOC(=O)c1cc(S(N)(=O)=O)c(F)cc1Cl. The normalized spacial score (nSPS) is 11.3. The van der Waals surface area contributed by atoms with Gasteiger partial charge in [-0.3, -0.25) is 0 Å². The Hall–Kier alpha value is -1.18. The van der Waals surface area contributed by atoms with Crippen LogP contribution in [0, 0.1) is 5.82 Å². The van der Waals surface area contributed by atoms with Crippen LogP contribution in [0.25, 0.3) is 0 Å². The molecule has 0 saturated heterocycles. The van der Waals surface area contributed by atoms with Gasteiger partial charge in [-0.2, -0.15) is 0 Å². The number of nitrogens with two attached hydrogens (primary N) is 1. The van der Waals surface area contributed by atoms with E-state index in [-0.39, 0.29) is 17.2 Å². The summed E-state index contributed by atoms with van der Waals surface area (Å²) in [6, 6.07) is 1.46. The predicted molar refractivity (Wildman–Crippen MR) is 58.7 cm³/mol. The molecule has 0 amide bonds. The van der Waals surface area contributed by atoms with E-state index in [1.165, 1.54) is 0 Å². The molecule has 2 N–H and O–H groups in total. The van der Waals surface area contributed by atoms with Crippen molar-refractivity contribution in [2.75, 3.05) is 6.61 Å². The zero-order chi connectivity index (χ0) is 13.2. The Morgan fingerprint density at radius 3 is 2.59 bits per heavy atom. The summed E-state index contributed by atoms with van der Waals surface area (Å²) in [5.41, 5.74) is -0.251. The van der Waals surface area contributed by atoms with E-state index in [9.17, 15) is 17.6 Å². The molecule has 0 radical (unpaired) electrons. The summed E-state index contributed by atoms with van der Waals surface area (Å²) in [5, 5.41) is 4.55. The minimum absolute atomic E-state index is 0.0806. The molecular weight excluding hydrogens is 273 g/mol. The van der Waals surface area contributed by atoms with E-state index in [4.69, 9.17) is 16.7 Å². The van der Waals surface area contributed by atoms with E-state index < -0.39 is 26.7 Å². The molecule has 0 atom stereocenters. The topological polar surface area (TPSA) is 86.5 Å². The number of primary sulfonamides is 1. The molecule has 0 saturated carbocycles. The smallest absolute Gasteiger partial charge is 0.339 e. The summed E-state index contributed by atoms with van der Waals surface area (Å²) in [7, 11) is -4.26. The van der Waals surface area contributed by atoms with Gasteiger partial charge in [0.1, 0.15) is 10.7 Å². The lowest BCUT2D eigenvalue weighted by Gasteiger charge is -2.07. The number of hydrogen-bond donors (Lipinski definition) is 1. The van der Waals surface area contributed by atoms with Crippen LogP contribution in [0.2, 0.25) is 5.02 Å². The highest BCUT2D eigenvalue weighted by Gasteiger charge is 2.21. The molecule has 1 rings (SSSR count). The van der Waals surface area contributed by atoms with Gasteiger partial charge in [0, 0.05) is 0 Å².